The van der Waals surface area contributed by atoms with Crippen LogP contribution in [0.5, 0.6) is 0 Å². The van der Waals surface area contributed by atoms with Crippen LogP contribution in [-0.4, -0.2) is 25.4 Å². The maximum atomic E-state index is 11.1. The highest BCUT2D eigenvalue weighted by molar-refractivity contribution is 14.1. The van der Waals surface area contributed by atoms with Crippen LogP contribution >= 0.6 is 22.6 Å². The van der Waals surface area contributed by atoms with Crippen molar-refractivity contribution in [3.05, 3.63) is 52.1 Å². The largest absolute Gasteiger partial charge is 0.476 e. The van der Waals surface area contributed by atoms with Gasteiger partial charge in [-0.05, 0) is 34.7 Å². The van der Waals surface area contributed by atoms with E-state index in [4.69, 9.17) is 5.11 Å². The van der Waals surface area contributed by atoms with E-state index in [1.807, 2.05) is 24.3 Å². The Balaban J connectivity index is 2.19. The summed E-state index contributed by atoms with van der Waals surface area (Å²) in [5.41, 5.74) is 1.98. The van der Waals surface area contributed by atoms with E-state index in [2.05, 4.69) is 32.6 Å². The topological polar surface area (TPSA) is 67.5 Å². The van der Waals surface area contributed by atoms with Crippen LogP contribution in [0, 0.1) is 3.57 Å². The molecule has 0 spiro atoms. The fourth-order valence-electron chi connectivity index (χ4n) is 1.83. The SMILES string of the molecule is O=C(O)c1nccn2cc(-c3ccc(I)cc3)nc12. The van der Waals surface area contributed by atoms with Gasteiger partial charge in [0.25, 0.3) is 0 Å². The van der Waals surface area contributed by atoms with Crippen molar-refractivity contribution >= 4 is 34.2 Å². The molecule has 19 heavy (non-hydrogen) atoms. The van der Waals surface area contributed by atoms with Crippen LogP contribution < -0.4 is 0 Å². The third-order valence-electron chi connectivity index (χ3n) is 2.72. The summed E-state index contributed by atoms with van der Waals surface area (Å²) in [5, 5.41) is 9.08. The fourth-order valence-corrected chi connectivity index (χ4v) is 2.19. The summed E-state index contributed by atoms with van der Waals surface area (Å²) >= 11 is 2.23. The van der Waals surface area contributed by atoms with Gasteiger partial charge in [-0.2, -0.15) is 0 Å². The van der Waals surface area contributed by atoms with Gasteiger partial charge < -0.3 is 9.51 Å². The number of carboxylic acids is 1. The van der Waals surface area contributed by atoms with Crippen molar-refractivity contribution in [2.75, 3.05) is 0 Å². The minimum Gasteiger partial charge on any atom is -0.476 e. The van der Waals surface area contributed by atoms with Gasteiger partial charge in [-0.1, -0.05) is 12.1 Å². The first kappa shape index (κ1) is 12.1. The molecule has 0 aliphatic rings. The van der Waals surface area contributed by atoms with Gasteiger partial charge in [0, 0.05) is 27.7 Å². The summed E-state index contributed by atoms with van der Waals surface area (Å²) < 4.78 is 2.81. The van der Waals surface area contributed by atoms with E-state index in [0.717, 1.165) is 14.8 Å². The molecule has 0 radical (unpaired) electrons. The number of carboxylic acid groups (broad SMARTS) is 1. The predicted molar refractivity (Wildman–Crippen MR) is 78.1 cm³/mol. The second kappa shape index (κ2) is 4.61. The summed E-state index contributed by atoms with van der Waals surface area (Å²) in [6.45, 7) is 0. The minimum atomic E-state index is -1.08. The Bertz CT molecular complexity index is 765. The first-order valence-corrected chi connectivity index (χ1v) is 6.56. The van der Waals surface area contributed by atoms with Crippen LogP contribution in [0.15, 0.2) is 42.9 Å². The quantitative estimate of drug-likeness (QED) is 0.710. The standard InChI is InChI=1S/C13H8IN3O2/c14-9-3-1-8(2-4-9)10-7-17-6-5-15-11(13(18)19)12(17)16-10/h1-7H,(H,18,19). The van der Waals surface area contributed by atoms with Gasteiger partial charge in [-0.3, -0.25) is 0 Å². The van der Waals surface area contributed by atoms with Gasteiger partial charge in [-0.15, -0.1) is 0 Å². The lowest BCUT2D eigenvalue weighted by Gasteiger charge is -1.95. The number of aromatic nitrogens is 3. The molecular weight excluding hydrogens is 357 g/mol. The van der Waals surface area contributed by atoms with Crippen molar-refractivity contribution < 1.29 is 9.90 Å². The normalized spacial score (nSPS) is 10.8. The van der Waals surface area contributed by atoms with Gasteiger partial charge >= 0.3 is 5.97 Å². The zero-order valence-corrected chi connectivity index (χ0v) is 11.8. The van der Waals surface area contributed by atoms with Crippen LogP contribution in [0.1, 0.15) is 10.5 Å². The van der Waals surface area contributed by atoms with E-state index >= 15 is 0 Å². The molecule has 0 aliphatic heterocycles. The molecule has 0 unspecified atom stereocenters. The van der Waals surface area contributed by atoms with E-state index in [0.29, 0.717) is 5.65 Å². The molecule has 0 aliphatic carbocycles. The number of nitrogens with zero attached hydrogens (tertiary/aromatic N) is 3. The highest BCUT2D eigenvalue weighted by Gasteiger charge is 2.14. The first-order valence-electron chi connectivity index (χ1n) is 5.48. The maximum Gasteiger partial charge on any atom is 0.358 e. The molecule has 2 aromatic heterocycles. The number of hydrogen-bond acceptors (Lipinski definition) is 3. The Labute approximate surface area is 122 Å². The summed E-state index contributed by atoms with van der Waals surface area (Å²) in [4.78, 5) is 19.3. The molecule has 6 heteroatoms. The third-order valence-corrected chi connectivity index (χ3v) is 3.44. The number of carbonyl (C=O) groups is 1. The van der Waals surface area contributed by atoms with Crippen molar-refractivity contribution in [1.82, 2.24) is 14.4 Å². The lowest BCUT2D eigenvalue weighted by molar-refractivity contribution is 0.0692. The molecule has 0 saturated carbocycles. The van der Waals surface area contributed by atoms with E-state index in [1.54, 1.807) is 16.8 Å². The van der Waals surface area contributed by atoms with E-state index in [9.17, 15) is 4.79 Å². The summed E-state index contributed by atoms with van der Waals surface area (Å²) in [5.74, 6) is -1.08. The summed E-state index contributed by atoms with van der Waals surface area (Å²) in [6, 6.07) is 7.88. The molecule has 0 amide bonds. The number of rotatable bonds is 2. The van der Waals surface area contributed by atoms with Gasteiger partial charge in [0.15, 0.2) is 11.3 Å². The Kier molecular flexibility index (Phi) is 2.94. The smallest absolute Gasteiger partial charge is 0.358 e. The number of aromatic carboxylic acids is 1. The number of benzene rings is 1. The van der Waals surface area contributed by atoms with Crippen molar-refractivity contribution in [1.29, 1.82) is 0 Å². The van der Waals surface area contributed by atoms with Gasteiger partial charge in [-0.25, -0.2) is 14.8 Å². The Morgan fingerprint density at radius 2 is 2.00 bits per heavy atom. The average molecular weight is 365 g/mol. The molecule has 0 atom stereocenters. The molecule has 0 fully saturated rings. The molecule has 5 nitrogen and oxygen atoms in total. The van der Waals surface area contributed by atoms with Gasteiger partial charge in [0.2, 0.25) is 0 Å². The van der Waals surface area contributed by atoms with Crippen LogP contribution in [0.2, 0.25) is 0 Å². The highest BCUT2D eigenvalue weighted by Crippen LogP contribution is 2.21. The first-order chi connectivity index (χ1) is 9.15. The minimum absolute atomic E-state index is 0.0424. The van der Waals surface area contributed by atoms with Crippen LogP contribution in [-0.2, 0) is 0 Å². The number of imidazole rings is 1. The number of hydrogen-bond donors (Lipinski definition) is 1. The monoisotopic (exact) mass is 365 g/mol. The highest BCUT2D eigenvalue weighted by atomic mass is 127. The molecule has 2 heterocycles. The molecule has 1 N–H and O–H groups in total. The Hall–Kier alpha value is -1.96. The second-order valence-electron chi connectivity index (χ2n) is 3.94. The summed E-state index contributed by atoms with van der Waals surface area (Å²) in [6.07, 6.45) is 4.94. The average Bonchev–Trinajstić information content (AvgIpc) is 2.82. The van der Waals surface area contributed by atoms with Crippen molar-refractivity contribution in [2.45, 2.75) is 0 Å². The van der Waals surface area contributed by atoms with E-state index in [-0.39, 0.29) is 5.69 Å². The van der Waals surface area contributed by atoms with E-state index < -0.39 is 5.97 Å². The molecule has 3 aromatic rings. The second-order valence-corrected chi connectivity index (χ2v) is 5.19. The zero-order chi connectivity index (χ0) is 13.4. The lowest BCUT2D eigenvalue weighted by atomic mass is 10.2. The molecular formula is C13H8IN3O2. The molecule has 0 saturated heterocycles. The van der Waals surface area contributed by atoms with Crippen LogP contribution in [0.4, 0.5) is 0 Å². The van der Waals surface area contributed by atoms with Gasteiger partial charge in [0.05, 0.1) is 5.69 Å². The zero-order valence-electron chi connectivity index (χ0n) is 9.62. The molecule has 94 valence electrons. The van der Waals surface area contributed by atoms with Crippen molar-refractivity contribution in [3.63, 3.8) is 0 Å². The van der Waals surface area contributed by atoms with E-state index in [1.165, 1.54) is 6.20 Å². The van der Waals surface area contributed by atoms with Gasteiger partial charge in [0.1, 0.15) is 0 Å². The van der Waals surface area contributed by atoms with Crippen LogP contribution in [0.3, 0.4) is 0 Å². The predicted octanol–water partition coefficient (Wildman–Crippen LogP) is 2.70. The third kappa shape index (κ3) is 2.19. The summed E-state index contributed by atoms with van der Waals surface area (Å²) in [7, 11) is 0. The van der Waals surface area contributed by atoms with Crippen molar-refractivity contribution in [3.8, 4) is 11.3 Å². The number of fused-ring (bicyclic) bond motifs is 1. The lowest BCUT2D eigenvalue weighted by Crippen LogP contribution is -2.03. The molecule has 0 bridgehead atoms. The number of halogens is 1. The molecule has 3 rings (SSSR count). The fraction of sp³-hybridized carbons (Fsp3) is 0. The van der Waals surface area contributed by atoms with Crippen LogP contribution in [0.25, 0.3) is 16.9 Å². The Morgan fingerprint density at radius 3 is 2.68 bits per heavy atom. The Morgan fingerprint density at radius 1 is 1.26 bits per heavy atom. The maximum absolute atomic E-state index is 11.1. The van der Waals surface area contributed by atoms with Crippen molar-refractivity contribution in [2.24, 2.45) is 0 Å². The molecule has 1 aromatic carbocycles.